The van der Waals surface area contributed by atoms with Crippen molar-refractivity contribution in [2.75, 3.05) is 0 Å². The van der Waals surface area contributed by atoms with E-state index in [1.165, 1.54) is 0 Å². The van der Waals surface area contributed by atoms with Gasteiger partial charge in [-0.05, 0) is 54.3 Å². The van der Waals surface area contributed by atoms with Crippen LogP contribution in [0.1, 0.15) is 43.9 Å². The number of H-pyrrole nitrogens is 1. The molecule has 1 aromatic heterocycles. The molecule has 5 aromatic rings. The second-order valence-corrected chi connectivity index (χ2v) is 14.5. The highest BCUT2D eigenvalue weighted by Crippen LogP contribution is 2.21. The number of carbonyl (C=O) groups excluding carboxylic acids is 5. The number of hydrogen-bond donors (Lipinski definition) is 7. The molecule has 4 atom stereocenters. The highest BCUT2D eigenvalue weighted by molar-refractivity contribution is 5.97. The number of para-hydroxylation sites is 1. The number of benzene rings is 4. The van der Waals surface area contributed by atoms with Crippen molar-refractivity contribution in [2.45, 2.75) is 76.2 Å². The number of aromatic amines is 1. The molecule has 0 bridgehead atoms. The Morgan fingerprint density at radius 3 is 1.91 bits per heavy atom. The SMILES string of the molecule is CC(C)(C)OC(=O)N[C@@H](Cc1c[nH]c2ccccc12)C(=O)N[C@@H](Cc1ccc2ccccc2c1)C(=O)N[C@@H](CC(=O)O)C(=O)N[C@@H](Cc1ccccc1)C(N)=O. The molecule has 0 fully saturated rings. The summed E-state index contributed by atoms with van der Waals surface area (Å²) < 4.78 is 5.47. The van der Waals surface area contributed by atoms with Gasteiger partial charge in [-0.25, -0.2) is 4.79 Å². The van der Waals surface area contributed by atoms with Crippen LogP contribution < -0.4 is 27.0 Å². The molecule has 0 saturated carbocycles. The van der Waals surface area contributed by atoms with E-state index in [-0.39, 0.29) is 19.3 Å². The molecule has 0 saturated heterocycles. The van der Waals surface area contributed by atoms with Crippen LogP contribution in [0.2, 0.25) is 0 Å². The van der Waals surface area contributed by atoms with E-state index in [0.717, 1.165) is 21.7 Å². The monoisotopic (exact) mass is 762 g/mol. The van der Waals surface area contributed by atoms with Gasteiger partial charge in [0.25, 0.3) is 0 Å². The molecule has 4 aromatic carbocycles. The van der Waals surface area contributed by atoms with Gasteiger partial charge in [0, 0.05) is 36.4 Å². The standard InChI is InChI=1S/C42H46N6O8/c1-42(2,3)56-41(55)48-34(22-29-24-44-31-16-10-9-15-30(29)31)39(53)46-33(21-26-17-18-27-13-7-8-14-28(27)19-26)38(52)47-35(23-36(49)50)40(54)45-32(37(43)51)20-25-11-5-4-6-12-25/h4-19,24,32-35,44H,20-23H2,1-3H3,(H2,43,51)(H,45,54)(H,46,53)(H,47,52)(H,48,55)(H,49,50)/t32-,33-,34-,35-/m0/s1. The molecule has 5 amide bonds. The van der Waals surface area contributed by atoms with E-state index in [1.54, 1.807) is 63.4 Å². The van der Waals surface area contributed by atoms with Crippen LogP contribution in [0.25, 0.3) is 21.7 Å². The van der Waals surface area contributed by atoms with Gasteiger partial charge in [-0.3, -0.25) is 24.0 Å². The van der Waals surface area contributed by atoms with Crippen molar-refractivity contribution < 1.29 is 38.6 Å². The predicted molar refractivity (Wildman–Crippen MR) is 210 cm³/mol. The average molecular weight is 763 g/mol. The molecule has 0 aliphatic heterocycles. The van der Waals surface area contributed by atoms with Crippen molar-refractivity contribution in [1.82, 2.24) is 26.3 Å². The number of ether oxygens (including phenoxy) is 1. The molecule has 56 heavy (non-hydrogen) atoms. The Labute approximate surface area is 323 Å². The van der Waals surface area contributed by atoms with Gasteiger partial charge in [0.05, 0.1) is 6.42 Å². The molecule has 14 nitrogen and oxygen atoms in total. The molecule has 0 aliphatic rings. The Balaban J connectivity index is 1.43. The van der Waals surface area contributed by atoms with E-state index >= 15 is 0 Å². The quantitative estimate of drug-likeness (QED) is 0.0785. The number of nitrogens with one attached hydrogen (secondary N) is 5. The van der Waals surface area contributed by atoms with Crippen molar-refractivity contribution in [1.29, 1.82) is 0 Å². The molecule has 0 radical (unpaired) electrons. The number of aromatic nitrogens is 1. The van der Waals surface area contributed by atoms with Gasteiger partial charge in [0.2, 0.25) is 23.6 Å². The third-order valence-electron chi connectivity index (χ3n) is 8.95. The van der Waals surface area contributed by atoms with Crippen molar-refractivity contribution in [3.8, 4) is 0 Å². The summed E-state index contributed by atoms with van der Waals surface area (Å²) in [7, 11) is 0. The Morgan fingerprint density at radius 1 is 0.661 bits per heavy atom. The average Bonchev–Trinajstić information content (AvgIpc) is 3.55. The number of carboxylic acids is 1. The zero-order chi connectivity index (χ0) is 40.4. The summed E-state index contributed by atoms with van der Waals surface area (Å²) in [5, 5.41) is 22.7. The molecule has 292 valence electrons. The highest BCUT2D eigenvalue weighted by Gasteiger charge is 2.33. The van der Waals surface area contributed by atoms with Crippen LogP contribution in [0.3, 0.4) is 0 Å². The lowest BCUT2D eigenvalue weighted by Gasteiger charge is -2.27. The Hall–Kier alpha value is -6.70. The molecular formula is C42H46N6O8. The van der Waals surface area contributed by atoms with Gasteiger partial charge in [-0.2, -0.15) is 0 Å². The number of fused-ring (bicyclic) bond motifs is 2. The molecular weight excluding hydrogens is 716 g/mol. The number of amides is 5. The van der Waals surface area contributed by atoms with Crippen molar-refractivity contribution in [2.24, 2.45) is 5.73 Å². The summed E-state index contributed by atoms with van der Waals surface area (Å²) in [6, 6.07) is 23.8. The number of carbonyl (C=O) groups is 6. The van der Waals surface area contributed by atoms with Gasteiger partial charge in [-0.15, -0.1) is 0 Å². The molecule has 0 aliphatic carbocycles. The number of carboxylic acid groups (broad SMARTS) is 1. The topological polar surface area (TPSA) is 222 Å². The minimum atomic E-state index is -1.66. The molecule has 14 heteroatoms. The fourth-order valence-corrected chi connectivity index (χ4v) is 6.26. The van der Waals surface area contributed by atoms with E-state index in [1.807, 2.05) is 60.7 Å². The molecule has 0 unspecified atom stereocenters. The first-order valence-corrected chi connectivity index (χ1v) is 18.1. The van der Waals surface area contributed by atoms with Crippen LogP contribution in [0.5, 0.6) is 0 Å². The van der Waals surface area contributed by atoms with Crippen LogP contribution in [0, 0.1) is 0 Å². The van der Waals surface area contributed by atoms with Gasteiger partial charge >= 0.3 is 12.1 Å². The fraction of sp³-hybridized carbons (Fsp3) is 0.286. The van der Waals surface area contributed by atoms with Gasteiger partial charge in [0.1, 0.15) is 29.8 Å². The van der Waals surface area contributed by atoms with Gasteiger partial charge < -0.3 is 41.8 Å². The van der Waals surface area contributed by atoms with Crippen LogP contribution >= 0.6 is 0 Å². The van der Waals surface area contributed by atoms with Crippen molar-refractivity contribution in [3.05, 3.63) is 120 Å². The fourth-order valence-electron chi connectivity index (χ4n) is 6.26. The third kappa shape index (κ3) is 11.4. The maximum atomic E-state index is 14.2. The lowest BCUT2D eigenvalue weighted by Crippen LogP contribution is -2.59. The van der Waals surface area contributed by atoms with Crippen LogP contribution in [0.15, 0.2) is 103 Å². The number of alkyl carbamates (subject to hydrolysis) is 1. The summed E-state index contributed by atoms with van der Waals surface area (Å²) >= 11 is 0. The van der Waals surface area contributed by atoms with E-state index in [9.17, 15) is 33.9 Å². The third-order valence-corrected chi connectivity index (χ3v) is 8.95. The smallest absolute Gasteiger partial charge is 0.408 e. The number of hydrogen-bond acceptors (Lipinski definition) is 7. The second-order valence-electron chi connectivity index (χ2n) is 14.5. The van der Waals surface area contributed by atoms with Crippen molar-refractivity contribution in [3.63, 3.8) is 0 Å². The predicted octanol–water partition coefficient (Wildman–Crippen LogP) is 3.66. The zero-order valence-electron chi connectivity index (χ0n) is 31.3. The Bertz CT molecular complexity index is 2210. The van der Waals surface area contributed by atoms with Crippen molar-refractivity contribution >= 4 is 57.4 Å². The first-order chi connectivity index (χ1) is 26.6. The lowest BCUT2D eigenvalue weighted by atomic mass is 9.99. The van der Waals surface area contributed by atoms with Crippen LogP contribution in [0.4, 0.5) is 4.79 Å². The first kappa shape index (κ1) is 40.5. The van der Waals surface area contributed by atoms with Gasteiger partial charge in [-0.1, -0.05) is 91.0 Å². The Morgan fingerprint density at radius 2 is 1.23 bits per heavy atom. The minimum absolute atomic E-state index is 0.0133. The van der Waals surface area contributed by atoms with Crippen LogP contribution in [-0.4, -0.2) is 75.6 Å². The number of rotatable bonds is 16. The summed E-state index contributed by atoms with van der Waals surface area (Å²) in [4.78, 5) is 82.4. The van der Waals surface area contributed by atoms with Crippen LogP contribution in [-0.2, 0) is 48.0 Å². The van der Waals surface area contributed by atoms with E-state index in [2.05, 4.69) is 26.3 Å². The van der Waals surface area contributed by atoms with E-state index in [0.29, 0.717) is 16.7 Å². The largest absolute Gasteiger partial charge is 0.481 e. The molecule has 8 N–H and O–H groups in total. The second kappa shape index (κ2) is 18.1. The first-order valence-electron chi connectivity index (χ1n) is 18.1. The summed E-state index contributed by atoms with van der Waals surface area (Å²) in [5.74, 6) is -4.84. The summed E-state index contributed by atoms with van der Waals surface area (Å²) in [5.41, 5.74) is 7.58. The highest BCUT2D eigenvalue weighted by atomic mass is 16.6. The maximum absolute atomic E-state index is 14.2. The Kier molecular flexibility index (Phi) is 13.1. The molecule has 5 rings (SSSR count). The number of primary amides is 1. The normalized spacial score (nSPS) is 13.5. The maximum Gasteiger partial charge on any atom is 0.408 e. The van der Waals surface area contributed by atoms with E-state index < -0.39 is 71.9 Å². The minimum Gasteiger partial charge on any atom is -0.481 e. The number of aliphatic carboxylic acids is 1. The summed E-state index contributed by atoms with van der Waals surface area (Å²) in [6.07, 6.45) is -0.000878. The number of nitrogens with two attached hydrogens (primary N) is 1. The van der Waals surface area contributed by atoms with E-state index in [4.69, 9.17) is 10.5 Å². The van der Waals surface area contributed by atoms with Gasteiger partial charge in [0.15, 0.2) is 0 Å². The lowest BCUT2D eigenvalue weighted by molar-refractivity contribution is -0.141. The zero-order valence-corrected chi connectivity index (χ0v) is 31.3. The summed E-state index contributed by atoms with van der Waals surface area (Å²) in [6.45, 7) is 5.05. The molecule has 0 spiro atoms. The molecule has 1 heterocycles.